The van der Waals surface area contributed by atoms with E-state index < -0.39 is 26.5 Å². The molecule has 3 nitrogen and oxygen atoms in total. The standard InChI is InChI=1S/C13H9BrF3NO2S/c14-9-2-1-3-10(7-9)21(19,20)12-6-8(13(15,16)17)4-5-11(12)18/h1-7H,18H2. The van der Waals surface area contributed by atoms with Gasteiger partial charge in [-0.1, -0.05) is 22.0 Å². The Labute approximate surface area is 127 Å². The molecule has 0 amide bonds. The second-order valence-electron chi connectivity index (χ2n) is 4.21. The van der Waals surface area contributed by atoms with Crippen molar-refractivity contribution in [3.8, 4) is 0 Å². The summed E-state index contributed by atoms with van der Waals surface area (Å²) in [6.07, 6.45) is -4.64. The molecule has 0 saturated heterocycles. The number of rotatable bonds is 2. The highest BCUT2D eigenvalue weighted by atomic mass is 79.9. The van der Waals surface area contributed by atoms with Crippen LogP contribution in [0.4, 0.5) is 18.9 Å². The fourth-order valence-corrected chi connectivity index (χ4v) is 3.71. The molecule has 21 heavy (non-hydrogen) atoms. The van der Waals surface area contributed by atoms with Crippen LogP contribution < -0.4 is 5.73 Å². The average Bonchev–Trinajstić information content (AvgIpc) is 2.37. The third-order valence-electron chi connectivity index (χ3n) is 2.74. The first kappa shape index (κ1) is 15.8. The number of nitrogen functional groups attached to an aromatic ring is 1. The number of anilines is 1. The lowest BCUT2D eigenvalue weighted by molar-refractivity contribution is -0.137. The lowest BCUT2D eigenvalue weighted by Gasteiger charge is -2.12. The lowest BCUT2D eigenvalue weighted by atomic mass is 10.2. The largest absolute Gasteiger partial charge is 0.416 e. The normalized spacial score (nSPS) is 12.4. The average molecular weight is 380 g/mol. The highest BCUT2D eigenvalue weighted by Gasteiger charge is 2.33. The zero-order valence-electron chi connectivity index (χ0n) is 10.4. The molecule has 0 aliphatic heterocycles. The SMILES string of the molecule is Nc1ccc(C(F)(F)F)cc1S(=O)(=O)c1cccc(Br)c1. The van der Waals surface area contributed by atoms with E-state index in [0.29, 0.717) is 10.5 Å². The third kappa shape index (κ3) is 3.21. The van der Waals surface area contributed by atoms with Gasteiger partial charge in [-0.3, -0.25) is 0 Å². The molecule has 2 aromatic rings. The van der Waals surface area contributed by atoms with Crippen molar-refractivity contribution < 1.29 is 21.6 Å². The Bertz CT molecular complexity index is 788. The maximum absolute atomic E-state index is 12.7. The summed E-state index contributed by atoms with van der Waals surface area (Å²) in [6, 6.07) is 7.90. The van der Waals surface area contributed by atoms with Gasteiger partial charge in [0, 0.05) is 4.47 Å². The Hall–Kier alpha value is -1.54. The van der Waals surface area contributed by atoms with Gasteiger partial charge in [0.15, 0.2) is 0 Å². The molecule has 0 atom stereocenters. The first-order chi connectivity index (χ1) is 9.62. The van der Waals surface area contributed by atoms with Crippen LogP contribution in [-0.2, 0) is 16.0 Å². The van der Waals surface area contributed by atoms with E-state index in [-0.39, 0.29) is 10.6 Å². The zero-order valence-corrected chi connectivity index (χ0v) is 12.8. The van der Waals surface area contributed by atoms with Crippen LogP contribution in [0.15, 0.2) is 56.7 Å². The molecule has 0 aliphatic rings. The van der Waals surface area contributed by atoms with E-state index in [4.69, 9.17) is 5.73 Å². The van der Waals surface area contributed by atoms with Crippen molar-refractivity contribution in [1.82, 2.24) is 0 Å². The Morgan fingerprint density at radius 1 is 1.05 bits per heavy atom. The van der Waals surface area contributed by atoms with Gasteiger partial charge in [0.25, 0.3) is 0 Å². The third-order valence-corrected chi connectivity index (χ3v) is 5.04. The van der Waals surface area contributed by atoms with E-state index in [1.54, 1.807) is 6.07 Å². The number of halogens is 4. The molecular weight excluding hydrogens is 371 g/mol. The Morgan fingerprint density at radius 3 is 2.29 bits per heavy atom. The van der Waals surface area contributed by atoms with E-state index in [2.05, 4.69) is 15.9 Å². The molecule has 0 saturated carbocycles. The van der Waals surface area contributed by atoms with Gasteiger partial charge < -0.3 is 5.73 Å². The molecule has 8 heteroatoms. The van der Waals surface area contributed by atoms with E-state index in [9.17, 15) is 21.6 Å². The molecule has 0 unspecified atom stereocenters. The summed E-state index contributed by atoms with van der Waals surface area (Å²) in [6.45, 7) is 0. The van der Waals surface area contributed by atoms with E-state index in [1.807, 2.05) is 0 Å². The van der Waals surface area contributed by atoms with Gasteiger partial charge in [-0.05, 0) is 36.4 Å². The molecule has 0 aliphatic carbocycles. The smallest absolute Gasteiger partial charge is 0.398 e. The van der Waals surface area contributed by atoms with Crippen molar-refractivity contribution in [3.63, 3.8) is 0 Å². The minimum Gasteiger partial charge on any atom is -0.398 e. The summed E-state index contributed by atoms with van der Waals surface area (Å²) in [5, 5.41) is 0. The number of nitrogens with two attached hydrogens (primary N) is 1. The number of hydrogen-bond donors (Lipinski definition) is 1. The van der Waals surface area contributed by atoms with Gasteiger partial charge >= 0.3 is 6.18 Å². The number of alkyl halides is 3. The minimum atomic E-state index is -4.64. The summed E-state index contributed by atoms with van der Waals surface area (Å²) < 4.78 is 63.5. The summed E-state index contributed by atoms with van der Waals surface area (Å²) in [4.78, 5) is -0.696. The van der Waals surface area contributed by atoms with Crippen molar-refractivity contribution in [1.29, 1.82) is 0 Å². The fourth-order valence-electron chi connectivity index (χ4n) is 1.70. The number of benzene rings is 2. The van der Waals surface area contributed by atoms with E-state index in [1.165, 1.54) is 18.2 Å². The lowest BCUT2D eigenvalue weighted by Crippen LogP contribution is -2.10. The number of sulfone groups is 1. The van der Waals surface area contributed by atoms with E-state index in [0.717, 1.165) is 12.1 Å². The van der Waals surface area contributed by atoms with Crippen molar-refractivity contribution in [2.45, 2.75) is 16.0 Å². The fraction of sp³-hybridized carbons (Fsp3) is 0.0769. The van der Waals surface area contributed by atoms with Crippen LogP contribution >= 0.6 is 15.9 Å². The van der Waals surface area contributed by atoms with Crippen LogP contribution in [0.1, 0.15) is 5.56 Å². The predicted molar refractivity (Wildman–Crippen MR) is 75.5 cm³/mol. The van der Waals surface area contributed by atoms with Crippen LogP contribution in [0.25, 0.3) is 0 Å². The van der Waals surface area contributed by atoms with E-state index >= 15 is 0 Å². The van der Waals surface area contributed by atoms with Crippen molar-refractivity contribution in [2.24, 2.45) is 0 Å². The first-order valence-electron chi connectivity index (χ1n) is 5.60. The molecule has 0 aromatic heterocycles. The summed E-state index contributed by atoms with van der Waals surface area (Å²) >= 11 is 3.12. The topological polar surface area (TPSA) is 60.2 Å². The Morgan fingerprint density at radius 2 is 1.71 bits per heavy atom. The maximum atomic E-state index is 12.7. The zero-order chi connectivity index (χ0) is 15.8. The number of hydrogen-bond acceptors (Lipinski definition) is 3. The monoisotopic (exact) mass is 379 g/mol. The van der Waals surface area contributed by atoms with Crippen LogP contribution in [0.2, 0.25) is 0 Å². The summed E-state index contributed by atoms with van der Waals surface area (Å²) in [5.41, 5.74) is 4.24. The molecule has 2 aromatic carbocycles. The maximum Gasteiger partial charge on any atom is 0.416 e. The second-order valence-corrected chi connectivity index (χ2v) is 7.04. The molecule has 0 heterocycles. The molecule has 2 rings (SSSR count). The van der Waals surface area contributed by atoms with Crippen LogP contribution in [0, 0.1) is 0 Å². The van der Waals surface area contributed by atoms with Gasteiger partial charge in [0.05, 0.1) is 21.0 Å². The minimum absolute atomic E-state index is 0.136. The van der Waals surface area contributed by atoms with Crippen molar-refractivity contribution in [3.05, 3.63) is 52.5 Å². The molecular formula is C13H9BrF3NO2S. The van der Waals surface area contributed by atoms with Crippen LogP contribution in [-0.4, -0.2) is 8.42 Å². The second kappa shape index (κ2) is 5.34. The Balaban J connectivity index is 2.65. The highest BCUT2D eigenvalue weighted by molar-refractivity contribution is 9.10. The molecule has 0 bridgehead atoms. The van der Waals surface area contributed by atoms with Gasteiger partial charge in [-0.2, -0.15) is 13.2 Å². The molecule has 0 radical (unpaired) electrons. The quantitative estimate of drug-likeness (QED) is 0.805. The van der Waals surface area contributed by atoms with Crippen LogP contribution in [0.3, 0.4) is 0 Å². The van der Waals surface area contributed by atoms with Gasteiger partial charge in [-0.15, -0.1) is 0 Å². The predicted octanol–water partition coefficient (Wildman–Crippen LogP) is 3.88. The van der Waals surface area contributed by atoms with Crippen LogP contribution in [0.5, 0.6) is 0 Å². The van der Waals surface area contributed by atoms with Gasteiger partial charge in [0.1, 0.15) is 0 Å². The van der Waals surface area contributed by atoms with Gasteiger partial charge in [0.2, 0.25) is 9.84 Å². The van der Waals surface area contributed by atoms with Crippen molar-refractivity contribution in [2.75, 3.05) is 5.73 Å². The summed E-state index contributed by atoms with van der Waals surface area (Å²) in [7, 11) is -4.13. The first-order valence-corrected chi connectivity index (χ1v) is 7.87. The molecule has 2 N–H and O–H groups in total. The van der Waals surface area contributed by atoms with Gasteiger partial charge in [-0.25, -0.2) is 8.42 Å². The molecule has 112 valence electrons. The molecule has 0 fully saturated rings. The molecule has 0 spiro atoms. The summed E-state index contributed by atoms with van der Waals surface area (Å²) in [5.74, 6) is 0. The van der Waals surface area contributed by atoms with Crippen molar-refractivity contribution >= 4 is 31.5 Å². The Kier molecular flexibility index (Phi) is 4.03. The highest BCUT2D eigenvalue weighted by Crippen LogP contribution is 2.34.